The molecule has 1 N–H and O–H groups in total. The van der Waals surface area contributed by atoms with E-state index in [9.17, 15) is 18.0 Å². The Morgan fingerprint density at radius 2 is 2.00 bits per heavy atom. The third-order valence-corrected chi connectivity index (χ3v) is 5.86. The Balaban J connectivity index is 2.31. The van der Waals surface area contributed by atoms with Gasteiger partial charge in [-0.25, -0.2) is 4.98 Å². The van der Waals surface area contributed by atoms with Crippen LogP contribution in [0.15, 0.2) is 11.4 Å². The first-order valence-corrected chi connectivity index (χ1v) is 9.20. The Morgan fingerprint density at radius 1 is 1.33 bits per heavy atom. The molecule has 0 saturated carbocycles. The maximum absolute atomic E-state index is 13.0. The number of alkyl halides is 3. The molecule has 0 aliphatic rings. The lowest BCUT2D eigenvalue weighted by molar-refractivity contribution is -0.141. The Bertz CT molecular complexity index is 732. The van der Waals surface area contributed by atoms with E-state index in [-0.39, 0.29) is 10.4 Å². The van der Waals surface area contributed by atoms with Gasteiger partial charge in [-0.15, -0.1) is 22.7 Å². The number of thiophene rings is 1. The van der Waals surface area contributed by atoms with Crippen molar-refractivity contribution in [3.63, 3.8) is 0 Å². The van der Waals surface area contributed by atoms with Crippen molar-refractivity contribution < 1.29 is 18.0 Å². The molecule has 1 amide bonds. The molecule has 0 spiro atoms. The highest BCUT2D eigenvalue weighted by Crippen LogP contribution is 2.39. The van der Waals surface area contributed by atoms with Gasteiger partial charge < -0.3 is 5.32 Å². The Kier molecular flexibility index (Phi) is 5.39. The minimum atomic E-state index is -4.64. The van der Waals surface area contributed by atoms with Crippen LogP contribution in [0, 0.1) is 6.92 Å². The van der Waals surface area contributed by atoms with Crippen molar-refractivity contribution in [1.29, 1.82) is 0 Å². The fraction of sp³-hybridized carbons (Fsp3) is 0.500. The van der Waals surface area contributed by atoms with E-state index in [0.29, 0.717) is 5.69 Å². The topological polar surface area (TPSA) is 42.0 Å². The van der Waals surface area contributed by atoms with Crippen LogP contribution in [-0.4, -0.2) is 10.9 Å². The summed E-state index contributed by atoms with van der Waals surface area (Å²) in [6.07, 6.45) is -2.75. The van der Waals surface area contributed by atoms with Crippen LogP contribution in [0.3, 0.4) is 0 Å². The number of carbonyl (C=O) groups is 1. The molecule has 0 aliphatic carbocycles. The molecule has 0 radical (unpaired) electrons. The zero-order valence-corrected chi connectivity index (χ0v) is 15.5. The van der Waals surface area contributed by atoms with Crippen molar-refractivity contribution in [3.8, 4) is 0 Å². The minimum absolute atomic E-state index is 0.151. The van der Waals surface area contributed by atoms with Crippen LogP contribution >= 0.6 is 22.7 Å². The van der Waals surface area contributed by atoms with E-state index in [2.05, 4.69) is 31.1 Å². The minimum Gasteiger partial charge on any atom is -0.320 e. The molecule has 2 aromatic heterocycles. The van der Waals surface area contributed by atoms with Gasteiger partial charge in [0.15, 0.2) is 5.69 Å². The molecule has 132 valence electrons. The second-order valence-corrected chi connectivity index (χ2v) is 8.28. The third-order valence-electron chi connectivity index (χ3n) is 3.61. The van der Waals surface area contributed by atoms with Crippen LogP contribution in [0.1, 0.15) is 58.9 Å². The largest absolute Gasteiger partial charge is 0.435 e. The number of hydrogen-bond acceptors (Lipinski definition) is 4. The van der Waals surface area contributed by atoms with E-state index in [1.54, 1.807) is 6.07 Å². The Labute approximate surface area is 146 Å². The van der Waals surface area contributed by atoms with Crippen molar-refractivity contribution in [2.24, 2.45) is 0 Å². The summed E-state index contributed by atoms with van der Waals surface area (Å²) in [7, 11) is 0. The normalized spacial score (nSPS) is 12.5. The van der Waals surface area contributed by atoms with Gasteiger partial charge in [-0.3, -0.25) is 4.79 Å². The molecule has 0 saturated heterocycles. The number of aromatic nitrogens is 1. The molecule has 0 aromatic carbocycles. The highest BCUT2D eigenvalue weighted by Gasteiger charge is 2.39. The fourth-order valence-electron chi connectivity index (χ4n) is 2.62. The van der Waals surface area contributed by atoms with Gasteiger partial charge in [0.1, 0.15) is 4.88 Å². The van der Waals surface area contributed by atoms with Gasteiger partial charge in [-0.05, 0) is 24.8 Å². The molecule has 2 heterocycles. The number of hydrogen-bond donors (Lipinski definition) is 1. The fourth-order valence-corrected chi connectivity index (χ4v) is 4.46. The van der Waals surface area contributed by atoms with Gasteiger partial charge in [0, 0.05) is 10.3 Å². The Morgan fingerprint density at radius 3 is 2.58 bits per heavy atom. The van der Waals surface area contributed by atoms with Crippen LogP contribution in [0.25, 0.3) is 0 Å². The monoisotopic (exact) mass is 376 g/mol. The van der Waals surface area contributed by atoms with Gasteiger partial charge in [0.2, 0.25) is 0 Å². The summed E-state index contributed by atoms with van der Waals surface area (Å²) >= 11 is 2.25. The van der Waals surface area contributed by atoms with Gasteiger partial charge in [-0.1, -0.05) is 27.2 Å². The number of halogens is 3. The van der Waals surface area contributed by atoms with Crippen LogP contribution in [0.2, 0.25) is 0 Å². The summed E-state index contributed by atoms with van der Waals surface area (Å²) in [5, 5.41) is 4.69. The molecule has 0 bridgehead atoms. The predicted octanol–water partition coefficient (Wildman–Crippen LogP) is 5.86. The number of nitrogens with one attached hydrogen (secondary N) is 1. The van der Waals surface area contributed by atoms with E-state index < -0.39 is 22.7 Å². The third kappa shape index (κ3) is 3.97. The lowest BCUT2D eigenvalue weighted by Gasteiger charge is -2.24. The molecule has 0 fully saturated rings. The molecule has 0 atom stereocenters. The van der Waals surface area contributed by atoms with E-state index in [1.165, 1.54) is 18.3 Å². The maximum atomic E-state index is 13.0. The van der Waals surface area contributed by atoms with Crippen molar-refractivity contribution in [2.75, 3.05) is 5.32 Å². The molecule has 2 rings (SSSR count). The summed E-state index contributed by atoms with van der Waals surface area (Å²) in [6, 6.07) is 1.73. The summed E-state index contributed by atoms with van der Waals surface area (Å²) in [6.45, 7) is 7.66. The molecule has 0 aliphatic heterocycles. The van der Waals surface area contributed by atoms with Crippen LogP contribution in [0.5, 0.6) is 0 Å². The maximum Gasteiger partial charge on any atom is 0.435 e. The quantitative estimate of drug-likeness (QED) is 0.710. The van der Waals surface area contributed by atoms with Crippen molar-refractivity contribution in [3.05, 3.63) is 31.9 Å². The number of carbonyl (C=O) groups excluding carboxylic acids is 1. The number of aryl methyl sites for hydroxylation is 1. The zero-order valence-electron chi connectivity index (χ0n) is 13.9. The summed E-state index contributed by atoms with van der Waals surface area (Å²) < 4.78 is 39.1. The highest BCUT2D eigenvalue weighted by molar-refractivity contribution is 7.14. The first-order chi connectivity index (χ1) is 11.1. The molecule has 8 heteroatoms. The Hall–Kier alpha value is -1.41. The van der Waals surface area contributed by atoms with Gasteiger partial charge >= 0.3 is 6.18 Å². The summed E-state index contributed by atoms with van der Waals surface area (Å²) in [5.41, 5.74) is -0.697. The molecule has 24 heavy (non-hydrogen) atoms. The van der Waals surface area contributed by atoms with Crippen molar-refractivity contribution in [2.45, 2.75) is 52.1 Å². The predicted molar refractivity (Wildman–Crippen MR) is 92.1 cm³/mol. The molecule has 3 nitrogen and oxygen atoms in total. The lowest BCUT2D eigenvalue weighted by atomic mass is 9.86. The van der Waals surface area contributed by atoms with E-state index in [1.807, 2.05) is 5.38 Å². The summed E-state index contributed by atoms with van der Waals surface area (Å²) in [5.74, 6) is -0.764. The van der Waals surface area contributed by atoms with Crippen molar-refractivity contribution >= 4 is 34.3 Å². The summed E-state index contributed by atoms with van der Waals surface area (Å²) in [4.78, 5) is 16.4. The average Bonchev–Trinajstić information content (AvgIpc) is 3.04. The van der Waals surface area contributed by atoms with Crippen LogP contribution in [0.4, 0.5) is 18.9 Å². The number of anilines is 1. The molecule has 2 aromatic rings. The number of thiazole rings is 1. The van der Waals surface area contributed by atoms with Gasteiger partial charge in [0.25, 0.3) is 5.91 Å². The van der Waals surface area contributed by atoms with Crippen molar-refractivity contribution in [1.82, 2.24) is 4.98 Å². The van der Waals surface area contributed by atoms with E-state index >= 15 is 0 Å². The van der Waals surface area contributed by atoms with E-state index in [4.69, 9.17) is 0 Å². The first-order valence-electron chi connectivity index (χ1n) is 7.50. The highest BCUT2D eigenvalue weighted by atomic mass is 32.1. The second kappa shape index (κ2) is 6.84. The first kappa shape index (κ1) is 18.9. The van der Waals surface area contributed by atoms with E-state index in [0.717, 1.165) is 29.1 Å². The average molecular weight is 376 g/mol. The molecular formula is C16H19F3N2OS2. The molecule has 0 unspecified atom stereocenters. The number of amides is 1. The number of rotatable bonds is 5. The molecular weight excluding hydrogens is 357 g/mol. The zero-order chi connectivity index (χ0) is 18.1. The second-order valence-electron chi connectivity index (χ2n) is 6.16. The van der Waals surface area contributed by atoms with Gasteiger partial charge in [-0.2, -0.15) is 13.2 Å². The smallest absolute Gasteiger partial charge is 0.320 e. The lowest BCUT2D eigenvalue weighted by Crippen LogP contribution is -2.21. The van der Waals surface area contributed by atoms with Crippen LogP contribution < -0.4 is 5.32 Å². The standard InChI is InChI=1S/C16H19F3N2OS2/c1-5-7-15(3,4)13-10(6-8-23-13)21-14(22)11-12(16(17,18)19)20-9(2)24-11/h6,8H,5,7H2,1-4H3,(H,21,22). The van der Waals surface area contributed by atoms with Gasteiger partial charge in [0.05, 0.1) is 10.7 Å². The number of nitrogens with zero attached hydrogens (tertiary/aromatic N) is 1. The van der Waals surface area contributed by atoms with Crippen LogP contribution in [-0.2, 0) is 11.6 Å². The SMILES string of the molecule is CCCC(C)(C)c1sccc1NC(=O)c1sc(C)nc1C(F)(F)F.